The van der Waals surface area contributed by atoms with E-state index in [9.17, 15) is 21.6 Å². The first kappa shape index (κ1) is 28.6. The van der Waals surface area contributed by atoms with Crippen LogP contribution in [0.3, 0.4) is 0 Å². The smallest absolute Gasteiger partial charge is 0.264 e. The minimum absolute atomic E-state index is 0.0365. The van der Waals surface area contributed by atoms with Gasteiger partial charge in [-0.1, -0.05) is 6.07 Å². The number of nitrogens with one attached hydrogen (secondary N) is 3. The highest BCUT2D eigenvalue weighted by atomic mass is 32.2. The Kier molecular flexibility index (Phi) is 11.0. The summed E-state index contributed by atoms with van der Waals surface area (Å²) in [5.74, 6) is 2.90. The number of carbonyl (C=O) groups is 1. The number of primary sulfonamides is 1. The largest absolute Gasteiger partial charge is 0.464 e. The summed E-state index contributed by atoms with van der Waals surface area (Å²) >= 11 is 1.57. The Hall–Kier alpha value is -2.59. The highest BCUT2D eigenvalue weighted by Crippen LogP contribution is 2.17. The van der Waals surface area contributed by atoms with Crippen molar-refractivity contribution in [2.45, 2.75) is 22.1 Å². The van der Waals surface area contributed by atoms with Crippen molar-refractivity contribution in [3.63, 3.8) is 0 Å². The number of sulfonamides is 2. The van der Waals surface area contributed by atoms with Crippen LogP contribution in [-0.2, 0) is 37.1 Å². The van der Waals surface area contributed by atoms with E-state index in [2.05, 4.69) is 20.3 Å². The van der Waals surface area contributed by atoms with Crippen LogP contribution in [0.25, 0.3) is 0 Å². The summed E-state index contributed by atoms with van der Waals surface area (Å²) in [5, 5.41) is 10.4. The maximum Gasteiger partial charge on any atom is 0.264 e. The molecule has 0 radical (unpaired) electrons. The molecule has 194 valence electrons. The molecule has 12 nitrogen and oxygen atoms in total. The number of furan rings is 1. The van der Waals surface area contributed by atoms with E-state index in [-0.39, 0.29) is 28.8 Å². The minimum atomic E-state index is -4.16. The lowest BCUT2D eigenvalue weighted by Gasteiger charge is -2.13. The van der Waals surface area contributed by atoms with Crippen molar-refractivity contribution in [2.75, 3.05) is 39.5 Å². The first-order valence-corrected chi connectivity index (χ1v) is 14.6. The summed E-state index contributed by atoms with van der Waals surface area (Å²) in [5.41, 5.74) is 0. The van der Waals surface area contributed by atoms with Crippen molar-refractivity contribution in [1.29, 1.82) is 0 Å². The SMILES string of the molecule is CN(C)Cc1ccc(CSCCN=C(NCCNC=O)NS(=O)(=O)c2cccc(S(N)(=O)=O)c2)o1. The molecular formula is C20H30N6O6S3. The fraction of sp³-hybridized carbons (Fsp3) is 0.400. The highest BCUT2D eigenvalue weighted by Gasteiger charge is 2.19. The number of guanidine groups is 1. The zero-order valence-electron chi connectivity index (χ0n) is 19.4. The van der Waals surface area contributed by atoms with E-state index in [0.29, 0.717) is 31.0 Å². The van der Waals surface area contributed by atoms with Gasteiger partial charge in [-0.2, -0.15) is 11.8 Å². The minimum Gasteiger partial charge on any atom is -0.464 e. The van der Waals surface area contributed by atoms with E-state index in [1.54, 1.807) is 11.8 Å². The molecule has 0 spiro atoms. The molecule has 0 aliphatic rings. The van der Waals surface area contributed by atoms with Crippen molar-refractivity contribution >= 4 is 44.2 Å². The van der Waals surface area contributed by atoms with Crippen LogP contribution in [0, 0.1) is 0 Å². The third kappa shape index (κ3) is 10.3. The van der Waals surface area contributed by atoms with Gasteiger partial charge in [0.2, 0.25) is 22.4 Å². The Morgan fingerprint density at radius 2 is 1.83 bits per heavy atom. The van der Waals surface area contributed by atoms with Crippen molar-refractivity contribution in [2.24, 2.45) is 10.1 Å². The third-order valence-corrected chi connectivity index (χ3v) is 7.47. The summed E-state index contributed by atoms with van der Waals surface area (Å²) in [6.07, 6.45) is 0.524. The average molecular weight is 547 g/mol. The van der Waals surface area contributed by atoms with Gasteiger partial charge in [-0.25, -0.2) is 26.7 Å². The maximum absolute atomic E-state index is 12.8. The predicted molar refractivity (Wildman–Crippen MR) is 135 cm³/mol. The fourth-order valence-corrected chi connectivity index (χ4v) is 5.14. The second kappa shape index (κ2) is 13.5. The van der Waals surface area contributed by atoms with Crippen molar-refractivity contribution in [3.8, 4) is 0 Å². The van der Waals surface area contributed by atoms with Gasteiger partial charge in [-0.3, -0.25) is 9.79 Å². The van der Waals surface area contributed by atoms with Crippen LogP contribution in [0.1, 0.15) is 11.5 Å². The molecule has 1 heterocycles. The Balaban J connectivity index is 2.01. The van der Waals surface area contributed by atoms with Crippen molar-refractivity contribution in [3.05, 3.63) is 47.9 Å². The third-order valence-electron chi connectivity index (χ3n) is 4.26. The lowest BCUT2D eigenvalue weighted by Crippen LogP contribution is -2.43. The molecule has 0 aliphatic heterocycles. The van der Waals surface area contributed by atoms with Crippen LogP contribution in [0.2, 0.25) is 0 Å². The average Bonchev–Trinajstić information content (AvgIpc) is 3.22. The van der Waals surface area contributed by atoms with Crippen LogP contribution >= 0.6 is 11.8 Å². The van der Waals surface area contributed by atoms with Crippen LogP contribution in [0.4, 0.5) is 0 Å². The fourth-order valence-electron chi connectivity index (χ4n) is 2.73. The number of hydrogen-bond donors (Lipinski definition) is 4. The molecule has 15 heteroatoms. The van der Waals surface area contributed by atoms with Gasteiger partial charge in [0.1, 0.15) is 11.5 Å². The number of aliphatic imine (C=N–C) groups is 1. The second-order valence-corrected chi connectivity index (χ2v) is 11.9. The molecule has 0 atom stereocenters. The van der Waals surface area contributed by atoms with Crippen LogP contribution < -0.4 is 20.5 Å². The highest BCUT2D eigenvalue weighted by molar-refractivity contribution is 7.98. The maximum atomic E-state index is 12.8. The molecule has 5 N–H and O–H groups in total. The Labute approximate surface area is 209 Å². The number of thioether (sulfide) groups is 1. The molecule has 0 fully saturated rings. The van der Waals surface area contributed by atoms with Crippen molar-refractivity contribution < 1.29 is 26.0 Å². The molecule has 0 aliphatic carbocycles. The molecule has 0 saturated heterocycles. The van der Waals surface area contributed by atoms with Gasteiger partial charge < -0.3 is 20.0 Å². The second-order valence-electron chi connectivity index (χ2n) is 7.51. The quantitative estimate of drug-likeness (QED) is 0.109. The van der Waals surface area contributed by atoms with Gasteiger partial charge in [0.15, 0.2) is 0 Å². The first-order chi connectivity index (χ1) is 16.5. The molecular weight excluding hydrogens is 516 g/mol. The number of hydrogen-bond acceptors (Lipinski definition) is 9. The summed E-state index contributed by atoms with van der Waals surface area (Å²) < 4.78 is 56.8. The van der Waals surface area contributed by atoms with E-state index in [1.165, 1.54) is 18.2 Å². The van der Waals surface area contributed by atoms with Gasteiger partial charge in [0.25, 0.3) is 10.0 Å². The van der Waals surface area contributed by atoms with E-state index in [4.69, 9.17) is 9.56 Å². The summed E-state index contributed by atoms with van der Waals surface area (Å²) in [6.45, 7) is 1.46. The lowest BCUT2D eigenvalue weighted by atomic mass is 10.4. The lowest BCUT2D eigenvalue weighted by molar-refractivity contribution is -0.109. The molecule has 0 bridgehead atoms. The van der Waals surface area contributed by atoms with Gasteiger partial charge in [-0.05, 0) is 44.4 Å². The summed E-state index contributed by atoms with van der Waals surface area (Å²) in [4.78, 5) is 16.1. The number of carbonyl (C=O) groups excluding carboxylic acids is 1. The zero-order chi connectivity index (χ0) is 25.9. The molecule has 1 aromatic heterocycles. The van der Waals surface area contributed by atoms with E-state index in [1.807, 2.05) is 31.1 Å². The molecule has 0 saturated carbocycles. The zero-order valence-corrected chi connectivity index (χ0v) is 21.9. The summed E-state index contributed by atoms with van der Waals surface area (Å²) in [6, 6.07) is 8.54. The Morgan fingerprint density at radius 3 is 2.51 bits per heavy atom. The molecule has 2 aromatic rings. The molecule has 2 rings (SSSR count). The first-order valence-electron chi connectivity index (χ1n) is 10.4. The number of benzene rings is 1. The normalized spacial score (nSPS) is 12.5. The molecule has 0 unspecified atom stereocenters. The number of rotatable bonds is 14. The Bertz CT molecular complexity index is 1210. The van der Waals surface area contributed by atoms with E-state index < -0.39 is 20.0 Å². The molecule has 1 aromatic carbocycles. The van der Waals surface area contributed by atoms with Crippen LogP contribution in [0.5, 0.6) is 0 Å². The molecule has 1 amide bonds. The van der Waals surface area contributed by atoms with E-state index in [0.717, 1.165) is 17.6 Å². The standard InChI is InChI=1S/C20H30N6O6S3/c1-26(2)13-16-6-7-17(32-16)14-33-11-10-24-20(23-9-8-22-15-27)25-35(30,31)19-5-3-4-18(12-19)34(21,28)29/h3-7,12,15H,8-11,13-14H2,1-2H3,(H,22,27)(H2,21,28,29)(H2,23,24,25). The molecule has 35 heavy (non-hydrogen) atoms. The van der Waals surface area contributed by atoms with Gasteiger partial charge in [0, 0.05) is 18.8 Å². The summed E-state index contributed by atoms with van der Waals surface area (Å²) in [7, 11) is -4.31. The number of nitrogens with two attached hydrogens (primary N) is 1. The topological polar surface area (TPSA) is 176 Å². The van der Waals surface area contributed by atoms with Gasteiger partial charge in [-0.15, -0.1) is 0 Å². The van der Waals surface area contributed by atoms with Gasteiger partial charge >= 0.3 is 0 Å². The number of amides is 1. The predicted octanol–water partition coefficient (Wildman–Crippen LogP) is -0.108. The van der Waals surface area contributed by atoms with Crippen LogP contribution in [0.15, 0.2) is 55.6 Å². The van der Waals surface area contributed by atoms with Gasteiger partial charge in [0.05, 0.1) is 28.6 Å². The Morgan fingerprint density at radius 1 is 1.11 bits per heavy atom. The van der Waals surface area contributed by atoms with Crippen molar-refractivity contribution in [1.82, 2.24) is 20.3 Å². The number of nitrogens with zero attached hydrogens (tertiary/aromatic N) is 2. The monoisotopic (exact) mass is 546 g/mol. The van der Waals surface area contributed by atoms with E-state index >= 15 is 0 Å². The van der Waals surface area contributed by atoms with Crippen LogP contribution in [-0.4, -0.2) is 73.6 Å².